The Hall–Kier alpha value is -1.91. The second-order valence-corrected chi connectivity index (χ2v) is 7.54. The molecule has 122 valence electrons. The van der Waals surface area contributed by atoms with E-state index in [9.17, 15) is 9.59 Å². The number of hydrazone groups is 1. The van der Waals surface area contributed by atoms with Crippen LogP contribution in [0.4, 0.5) is 0 Å². The molecule has 1 N–H and O–H groups in total. The molecule has 2 saturated carbocycles. The van der Waals surface area contributed by atoms with E-state index in [0.717, 1.165) is 18.1 Å². The molecule has 0 saturated heterocycles. The minimum Gasteiger partial charge on any atom is -0.359 e. The molecule has 0 aromatic carbocycles. The summed E-state index contributed by atoms with van der Waals surface area (Å²) in [5, 5.41) is 5.86. The number of hydrogen-bond acceptors (Lipinski definition) is 3. The van der Waals surface area contributed by atoms with Gasteiger partial charge in [0.05, 0.1) is 16.8 Å². The molecule has 2 bridgehead atoms. The van der Waals surface area contributed by atoms with Crippen molar-refractivity contribution in [2.75, 3.05) is 6.54 Å². The number of aromatic nitrogens is 1. The van der Waals surface area contributed by atoms with Crippen LogP contribution in [0.2, 0.25) is 0 Å². The van der Waals surface area contributed by atoms with E-state index >= 15 is 0 Å². The molecule has 5 nitrogen and oxygen atoms in total. The van der Waals surface area contributed by atoms with Crippen LogP contribution in [0.15, 0.2) is 23.4 Å². The summed E-state index contributed by atoms with van der Waals surface area (Å²) in [7, 11) is 0. The molecule has 3 unspecified atom stereocenters. The van der Waals surface area contributed by atoms with Crippen LogP contribution in [0.5, 0.6) is 0 Å². The van der Waals surface area contributed by atoms with E-state index in [0.29, 0.717) is 17.5 Å². The van der Waals surface area contributed by atoms with Crippen LogP contribution >= 0.6 is 0 Å². The van der Waals surface area contributed by atoms with Crippen LogP contribution in [0, 0.1) is 23.2 Å². The molecule has 2 fully saturated rings. The van der Waals surface area contributed by atoms with Gasteiger partial charge in [0.2, 0.25) is 5.78 Å². The number of hydrogen-bond donors (Lipinski definition) is 1. The zero-order valence-electron chi connectivity index (χ0n) is 13.7. The van der Waals surface area contributed by atoms with Crippen molar-refractivity contribution < 1.29 is 9.59 Å². The highest BCUT2D eigenvalue weighted by atomic mass is 16.2. The van der Waals surface area contributed by atoms with E-state index in [1.165, 1.54) is 24.3 Å². The number of nitrogens with zero attached hydrogens (tertiary/aromatic N) is 2. The van der Waals surface area contributed by atoms with Crippen LogP contribution in [0.1, 0.15) is 50.0 Å². The van der Waals surface area contributed by atoms with Gasteiger partial charge in [0.1, 0.15) is 6.54 Å². The van der Waals surface area contributed by atoms with Gasteiger partial charge < -0.3 is 4.98 Å². The largest absolute Gasteiger partial charge is 0.359 e. The first-order valence-corrected chi connectivity index (χ1v) is 8.54. The fraction of sp³-hybridized carbons (Fsp3) is 0.611. The third-order valence-corrected chi connectivity index (χ3v) is 6.37. The molecule has 23 heavy (non-hydrogen) atoms. The SMILES string of the molecule is CC1=NN(CC(=O)c2ccc[nH]2)C(=O)C1(C)[C@@H]1CC2CCC1C2. The molecule has 2 heterocycles. The second-order valence-electron chi connectivity index (χ2n) is 7.54. The Balaban J connectivity index is 1.54. The van der Waals surface area contributed by atoms with E-state index in [2.05, 4.69) is 10.1 Å². The lowest BCUT2D eigenvalue weighted by Gasteiger charge is -2.35. The number of rotatable bonds is 4. The Morgan fingerprint density at radius 2 is 2.26 bits per heavy atom. The zero-order chi connectivity index (χ0) is 16.2. The highest BCUT2D eigenvalue weighted by Gasteiger charge is 2.57. The van der Waals surface area contributed by atoms with Gasteiger partial charge in [-0.15, -0.1) is 0 Å². The van der Waals surface area contributed by atoms with Gasteiger partial charge in [-0.25, -0.2) is 5.01 Å². The predicted octanol–water partition coefficient (Wildman–Crippen LogP) is 2.86. The maximum absolute atomic E-state index is 13.1. The molecule has 0 spiro atoms. The quantitative estimate of drug-likeness (QED) is 0.869. The number of H-pyrrole nitrogens is 1. The highest BCUT2D eigenvalue weighted by molar-refractivity contribution is 6.12. The monoisotopic (exact) mass is 313 g/mol. The first kappa shape index (κ1) is 14.7. The Labute approximate surface area is 136 Å². The molecule has 1 aliphatic heterocycles. The van der Waals surface area contributed by atoms with Crippen LogP contribution < -0.4 is 0 Å². The molecule has 0 radical (unpaired) electrons. The molecule has 5 heteroatoms. The number of nitrogens with one attached hydrogen (secondary N) is 1. The molecule has 4 rings (SSSR count). The highest BCUT2D eigenvalue weighted by Crippen LogP contribution is 2.56. The molecular formula is C18H23N3O2. The van der Waals surface area contributed by atoms with Crippen molar-refractivity contribution in [1.82, 2.24) is 9.99 Å². The van der Waals surface area contributed by atoms with E-state index in [4.69, 9.17) is 0 Å². The van der Waals surface area contributed by atoms with Gasteiger partial charge in [-0.2, -0.15) is 5.10 Å². The van der Waals surface area contributed by atoms with E-state index in [-0.39, 0.29) is 18.2 Å². The average molecular weight is 313 g/mol. The lowest BCUT2D eigenvalue weighted by atomic mass is 9.66. The van der Waals surface area contributed by atoms with Gasteiger partial charge in [0, 0.05) is 6.20 Å². The standard InChI is InChI=1S/C18H23N3O2/c1-11-18(2,14-9-12-5-6-13(14)8-12)17(23)21(20-11)10-16(22)15-4-3-7-19-15/h3-4,7,12-14,19H,5-6,8-10H2,1-2H3/t12?,13?,14-,18?/m1/s1. The summed E-state index contributed by atoms with van der Waals surface area (Å²) in [4.78, 5) is 28.2. The number of aromatic amines is 1. The Morgan fingerprint density at radius 3 is 2.87 bits per heavy atom. The summed E-state index contributed by atoms with van der Waals surface area (Å²) in [6.45, 7) is 4.01. The number of ketones is 1. The third kappa shape index (κ3) is 2.09. The van der Waals surface area contributed by atoms with Crippen molar-refractivity contribution in [3.05, 3.63) is 24.0 Å². The van der Waals surface area contributed by atoms with E-state index < -0.39 is 5.41 Å². The first-order chi connectivity index (χ1) is 11.0. The van der Waals surface area contributed by atoms with Gasteiger partial charge >= 0.3 is 0 Å². The van der Waals surface area contributed by atoms with E-state index in [1.807, 2.05) is 13.8 Å². The minimum atomic E-state index is -0.518. The number of Topliss-reactive ketones (excluding diaryl/α,β-unsaturated/α-hetero) is 1. The topological polar surface area (TPSA) is 65.5 Å². The van der Waals surface area contributed by atoms with Crippen molar-refractivity contribution in [1.29, 1.82) is 0 Å². The number of fused-ring (bicyclic) bond motifs is 2. The van der Waals surface area contributed by atoms with Crippen LogP contribution in [-0.4, -0.2) is 33.9 Å². The van der Waals surface area contributed by atoms with Crippen molar-refractivity contribution in [2.24, 2.45) is 28.3 Å². The Bertz CT molecular complexity index is 678. The summed E-state index contributed by atoms with van der Waals surface area (Å²) < 4.78 is 0. The van der Waals surface area contributed by atoms with Gasteiger partial charge in [-0.1, -0.05) is 6.42 Å². The predicted molar refractivity (Wildman–Crippen MR) is 87.0 cm³/mol. The van der Waals surface area contributed by atoms with Gasteiger partial charge in [0.25, 0.3) is 5.91 Å². The fourth-order valence-electron chi connectivity index (χ4n) is 4.96. The third-order valence-electron chi connectivity index (χ3n) is 6.37. The zero-order valence-corrected chi connectivity index (χ0v) is 13.7. The molecule has 4 atom stereocenters. The van der Waals surface area contributed by atoms with Crippen molar-refractivity contribution in [2.45, 2.75) is 39.5 Å². The average Bonchev–Trinajstić information content (AvgIpc) is 3.30. The number of carbonyl (C=O) groups is 2. The molecule has 1 aromatic heterocycles. The molecule has 3 aliphatic rings. The van der Waals surface area contributed by atoms with Crippen molar-refractivity contribution in [3.63, 3.8) is 0 Å². The molecule has 2 aliphatic carbocycles. The van der Waals surface area contributed by atoms with Crippen molar-refractivity contribution >= 4 is 17.4 Å². The Morgan fingerprint density at radius 1 is 1.43 bits per heavy atom. The van der Waals surface area contributed by atoms with Crippen LogP contribution in [0.3, 0.4) is 0 Å². The van der Waals surface area contributed by atoms with Gasteiger partial charge in [-0.05, 0) is 63.0 Å². The van der Waals surface area contributed by atoms with Gasteiger partial charge in [0.15, 0.2) is 0 Å². The maximum atomic E-state index is 13.1. The summed E-state index contributed by atoms with van der Waals surface area (Å²) in [6.07, 6.45) is 6.68. The summed E-state index contributed by atoms with van der Waals surface area (Å²) >= 11 is 0. The lowest BCUT2D eigenvalue weighted by molar-refractivity contribution is -0.138. The number of carbonyl (C=O) groups excluding carboxylic acids is 2. The lowest BCUT2D eigenvalue weighted by Crippen LogP contribution is -2.45. The Kier molecular flexibility index (Phi) is 3.22. The maximum Gasteiger partial charge on any atom is 0.255 e. The van der Waals surface area contributed by atoms with Gasteiger partial charge in [-0.3, -0.25) is 9.59 Å². The summed E-state index contributed by atoms with van der Waals surface area (Å²) in [5.41, 5.74) is 0.883. The normalized spacial score (nSPS) is 35.9. The van der Waals surface area contributed by atoms with Crippen molar-refractivity contribution in [3.8, 4) is 0 Å². The minimum absolute atomic E-state index is 0.00690. The van der Waals surface area contributed by atoms with Crippen LogP contribution in [0.25, 0.3) is 0 Å². The first-order valence-electron chi connectivity index (χ1n) is 8.54. The molecule has 1 amide bonds. The number of amides is 1. The summed E-state index contributed by atoms with van der Waals surface area (Å²) in [5.74, 6) is 1.74. The van der Waals surface area contributed by atoms with E-state index in [1.54, 1.807) is 18.3 Å². The summed E-state index contributed by atoms with van der Waals surface area (Å²) in [6, 6.07) is 3.52. The molecular weight excluding hydrogens is 290 g/mol. The smallest absolute Gasteiger partial charge is 0.255 e. The second kappa shape index (κ2) is 5.05. The van der Waals surface area contributed by atoms with Crippen LogP contribution in [-0.2, 0) is 4.79 Å². The molecule has 1 aromatic rings. The fourth-order valence-corrected chi connectivity index (χ4v) is 4.96.